The molecule has 0 bridgehead atoms. The molecule has 2 heteroatoms. The molecule has 0 radical (unpaired) electrons. The van der Waals surface area contributed by atoms with Gasteiger partial charge >= 0.3 is 0 Å². The van der Waals surface area contributed by atoms with E-state index in [1.807, 2.05) is 0 Å². The molecule has 2 aromatic carbocycles. The molecular weight excluding hydrogens is 270 g/mol. The first-order valence-electron chi connectivity index (χ1n) is 7.99. The number of rotatable bonds is 4. The van der Waals surface area contributed by atoms with Crippen molar-refractivity contribution in [1.29, 1.82) is 0 Å². The quantitative estimate of drug-likeness (QED) is 0.840. The van der Waals surface area contributed by atoms with Crippen LogP contribution < -0.4 is 4.90 Å². The van der Waals surface area contributed by atoms with Gasteiger partial charge in [-0.2, -0.15) is 0 Å². The van der Waals surface area contributed by atoms with Gasteiger partial charge in [0.25, 0.3) is 0 Å². The number of hydrogen-bond acceptors (Lipinski definition) is 2. The van der Waals surface area contributed by atoms with E-state index in [4.69, 9.17) is 4.74 Å². The zero-order valence-electron chi connectivity index (χ0n) is 13.2. The minimum absolute atomic E-state index is 0.818. The molecule has 1 aliphatic heterocycles. The predicted octanol–water partition coefficient (Wildman–Crippen LogP) is 4.15. The Morgan fingerprint density at radius 1 is 1.05 bits per heavy atom. The number of aryl methyl sites for hydroxylation is 1. The third-order valence-corrected chi connectivity index (χ3v) is 4.28. The summed E-state index contributed by atoms with van der Waals surface area (Å²) in [6.07, 6.45) is 1.05. The molecular formula is C20H23NO. The van der Waals surface area contributed by atoms with Crippen molar-refractivity contribution < 1.29 is 4.74 Å². The third kappa shape index (κ3) is 3.23. The fourth-order valence-electron chi connectivity index (χ4n) is 2.84. The Labute approximate surface area is 133 Å². The maximum absolute atomic E-state index is 5.41. The van der Waals surface area contributed by atoms with Gasteiger partial charge in [-0.1, -0.05) is 49.9 Å². The van der Waals surface area contributed by atoms with Crippen LogP contribution in [0.25, 0.3) is 5.57 Å². The lowest BCUT2D eigenvalue weighted by Crippen LogP contribution is -2.36. The van der Waals surface area contributed by atoms with Gasteiger partial charge < -0.3 is 9.64 Å². The lowest BCUT2D eigenvalue weighted by atomic mass is 9.97. The maximum atomic E-state index is 5.41. The van der Waals surface area contributed by atoms with Crippen molar-refractivity contribution in [3.63, 3.8) is 0 Å². The summed E-state index contributed by atoms with van der Waals surface area (Å²) in [5.74, 6) is 0. The van der Waals surface area contributed by atoms with E-state index in [9.17, 15) is 0 Å². The Hall–Kier alpha value is -2.06. The molecule has 0 saturated carbocycles. The van der Waals surface area contributed by atoms with Crippen LogP contribution in [0.5, 0.6) is 0 Å². The monoisotopic (exact) mass is 293 g/mol. The summed E-state index contributed by atoms with van der Waals surface area (Å²) in [6, 6.07) is 17.4. The Morgan fingerprint density at radius 2 is 1.77 bits per heavy atom. The molecule has 1 aliphatic rings. The summed E-state index contributed by atoms with van der Waals surface area (Å²) >= 11 is 0. The molecule has 2 aromatic rings. The van der Waals surface area contributed by atoms with Crippen molar-refractivity contribution in [2.75, 3.05) is 31.2 Å². The second kappa shape index (κ2) is 6.80. The minimum Gasteiger partial charge on any atom is -0.378 e. The van der Waals surface area contributed by atoms with Crippen molar-refractivity contribution in [2.24, 2.45) is 0 Å². The number of anilines is 1. The van der Waals surface area contributed by atoms with E-state index in [0.29, 0.717) is 0 Å². The highest BCUT2D eigenvalue weighted by molar-refractivity contribution is 5.79. The van der Waals surface area contributed by atoms with E-state index >= 15 is 0 Å². The topological polar surface area (TPSA) is 12.5 Å². The predicted molar refractivity (Wildman–Crippen MR) is 93.4 cm³/mol. The van der Waals surface area contributed by atoms with Gasteiger partial charge in [-0.3, -0.25) is 0 Å². The summed E-state index contributed by atoms with van der Waals surface area (Å²) in [5, 5.41) is 0. The summed E-state index contributed by atoms with van der Waals surface area (Å²) in [7, 11) is 0. The van der Waals surface area contributed by atoms with E-state index in [0.717, 1.165) is 38.3 Å². The fourth-order valence-corrected chi connectivity index (χ4v) is 2.84. The van der Waals surface area contributed by atoms with Gasteiger partial charge in [-0.25, -0.2) is 0 Å². The third-order valence-electron chi connectivity index (χ3n) is 4.28. The van der Waals surface area contributed by atoms with Crippen LogP contribution in [0.3, 0.4) is 0 Å². The van der Waals surface area contributed by atoms with Crippen molar-refractivity contribution in [1.82, 2.24) is 0 Å². The number of nitrogens with zero attached hydrogens (tertiary/aromatic N) is 1. The normalized spacial score (nSPS) is 14.9. The molecule has 0 unspecified atom stereocenters. The Morgan fingerprint density at radius 3 is 2.45 bits per heavy atom. The number of hydrogen-bond donors (Lipinski definition) is 0. The van der Waals surface area contributed by atoms with Crippen molar-refractivity contribution in [2.45, 2.75) is 13.3 Å². The lowest BCUT2D eigenvalue weighted by molar-refractivity contribution is 0.122. The van der Waals surface area contributed by atoms with Crippen LogP contribution in [0, 0.1) is 0 Å². The molecule has 0 atom stereocenters. The fraction of sp³-hybridized carbons (Fsp3) is 0.300. The van der Waals surface area contributed by atoms with E-state index in [1.54, 1.807) is 0 Å². The van der Waals surface area contributed by atoms with E-state index in [-0.39, 0.29) is 0 Å². The highest BCUT2D eigenvalue weighted by atomic mass is 16.5. The molecule has 0 amide bonds. The first-order valence-corrected chi connectivity index (χ1v) is 7.99. The van der Waals surface area contributed by atoms with Crippen LogP contribution in [0.15, 0.2) is 55.1 Å². The Kier molecular flexibility index (Phi) is 4.59. The maximum Gasteiger partial charge on any atom is 0.0642 e. The van der Waals surface area contributed by atoms with Crippen LogP contribution in [0.4, 0.5) is 5.69 Å². The van der Waals surface area contributed by atoms with Gasteiger partial charge in [-0.15, -0.1) is 0 Å². The van der Waals surface area contributed by atoms with Crippen molar-refractivity contribution in [3.8, 4) is 0 Å². The van der Waals surface area contributed by atoms with E-state index in [2.05, 4.69) is 66.9 Å². The molecule has 2 nitrogen and oxygen atoms in total. The molecule has 0 N–H and O–H groups in total. The van der Waals surface area contributed by atoms with Crippen LogP contribution in [0.2, 0.25) is 0 Å². The second-order valence-electron chi connectivity index (χ2n) is 5.68. The molecule has 1 fully saturated rings. The Balaban J connectivity index is 1.78. The SMILES string of the molecule is C=C(c1ccc(N2CCOCC2)cc1)c1cccc(CC)c1. The molecule has 114 valence electrons. The van der Waals surface area contributed by atoms with Gasteiger partial charge in [0.1, 0.15) is 0 Å². The van der Waals surface area contributed by atoms with Crippen molar-refractivity contribution >= 4 is 11.3 Å². The van der Waals surface area contributed by atoms with Gasteiger partial charge in [0.2, 0.25) is 0 Å². The molecule has 22 heavy (non-hydrogen) atoms. The summed E-state index contributed by atoms with van der Waals surface area (Å²) in [5.41, 5.74) is 6.10. The second-order valence-corrected chi connectivity index (χ2v) is 5.68. The number of benzene rings is 2. The van der Waals surface area contributed by atoms with Gasteiger partial charge in [0.15, 0.2) is 0 Å². The molecule has 0 aliphatic carbocycles. The highest BCUT2D eigenvalue weighted by Crippen LogP contribution is 2.25. The molecule has 3 rings (SSSR count). The van der Waals surface area contributed by atoms with Gasteiger partial charge in [0.05, 0.1) is 13.2 Å². The minimum atomic E-state index is 0.818. The van der Waals surface area contributed by atoms with Crippen LogP contribution >= 0.6 is 0 Å². The first kappa shape index (κ1) is 14.9. The average molecular weight is 293 g/mol. The first-order chi connectivity index (χ1) is 10.8. The summed E-state index contributed by atoms with van der Waals surface area (Å²) in [4.78, 5) is 2.37. The van der Waals surface area contributed by atoms with Crippen LogP contribution in [-0.2, 0) is 11.2 Å². The number of ether oxygens (including phenoxy) is 1. The molecule has 0 spiro atoms. The number of morpholine rings is 1. The Bertz CT molecular complexity index is 639. The highest BCUT2D eigenvalue weighted by Gasteiger charge is 2.11. The molecule has 0 aromatic heterocycles. The largest absolute Gasteiger partial charge is 0.378 e. The average Bonchev–Trinajstić information content (AvgIpc) is 2.62. The molecule has 1 saturated heterocycles. The van der Waals surface area contributed by atoms with Gasteiger partial charge in [-0.05, 0) is 40.8 Å². The summed E-state index contributed by atoms with van der Waals surface area (Å²) < 4.78 is 5.41. The zero-order chi connectivity index (χ0) is 15.4. The molecule has 1 heterocycles. The van der Waals surface area contributed by atoms with E-state index < -0.39 is 0 Å². The standard InChI is InChI=1S/C20H23NO/c1-3-17-5-4-6-19(15-17)16(2)18-7-9-20(10-8-18)21-11-13-22-14-12-21/h4-10,15H,2-3,11-14H2,1H3. The zero-order valence-corrected chi connectivity index (χ0v) is 13.2. The summed E-state index contributed by atoms with van der Waals surface area (Å²) in [6.45, 7) is 10.0. The van der Waals surface area contributed by atoms with Crippen LogP contribution in [0.1, 0.15) is 23.6 Å². The lowest BCUT2D eigenvalue weighted by Gasteiger charge is -2.29. The smallest absolute Gasteiger partial charge is 0.0642 e. The van der Waals surface area contributed by atoms with Crippen LogP contribution in [-0.4, -0.2) is 26.3 Å². The van der Waals surface area contributed by atoms with E-state index in [1.165, 1.54) is 22.4 Å². The van der Waals surface area contributed by atoms with Gasteiger partial charge in [0, 0.05) is 18.8 Å². The van der Waals surface area contributed by atoms with Crippen molar-refractivity contribution in [3.05, 3.63) is 71.8 Å².